The smallest absolute Gasteiger partial charge is 0.0294 e. The van der Waals surface area contributed by atoms with Crippen LogP contribution in [0.15, 0.2) is 36.4 Å². The van der Waals surface area contributed by atoms with Crippen molar-refractivity contribution in [3.63, 3.8) is 0 Å². The zero-order valence-electron chi connectivity index (χ0n) is 10.4. The molecule has 2 N–H and O–H groups in total. The van der Waals surface area contributed by atoms with Gasteiger partial charge in [0.05, 0.1) is 0 Å². The first kappa shape index (κ1) is 13.0. The molecule has 1 unspecified atom stereocenters. The second-order valence-corrected chi connectivity index (χ2v) is 4.17. The summed E-state index contributed by atoms with van der Waals surface area (Å²) in [5.74, 6) is 0. The van der Waals surface area contributed by atoms with E-state index in [2.05, 4.69) is 50.3 Å². The molecule has 1 aromatic carbocycles. The monoisotopic (exact) mass is 217 g/mol. The number of rotatable bonds is 6. The third-order valence-corrected chi connectivity index (χ3v) is 2.95. The summed E-state index contributed by atoms with van der Waals surface area (Å²) in [6.45, 7) is 4.21. The van der Waals surface area contributed by atoms with E-state index >= 15 is 0 Å². The van der Waals surface area contributed by atoms with E-state index in [1.807, 2.05) is 0 Å². The minimum absolute atomic E-state index is 0.193. The Morgan fingerprint density at radius 2 is 2.06 bits per heavy atom. The first-order chi connectivity index (χ1) is 7.79. The Hall–Kier alpha value is -1.08. The van der Waals surface area contributed by atoms with Gasteiger partial charge in [0, 0.05) is 6.04 Å². The third kappa shape index (κ3) is 3.82. The van der Waals surface area contributed by atoms with Crippen LogP contribution in [0, 0.1) is 0 Å². The third-order valence-electron chi connectivity index (χ3n) is 2.95. The highest BCUT2D eigenvalue weighted by atomic mass is 14.6. The molecular weight excluding hydrogens is 194 g/mol. The number of aryl methyl sites for hydroxylation is 1. The minimum Gasteiger partial charge on any atom is -0.324 e. The van der Waals surface area contributed by atoms with Crippen LogP contribution in [0.5, 0.6) is 0 Å². The van der Waals surface area contributed by atoms with Crippen LogP contribution in [0.2, 0.25) is 0 Å². The maximum absolute atomic E-state index is 6.11. The van der Waals surface area contributed by atoms with Crippen LogP contribution in [0.3, 0.4) is 0 Å². The molecule has 1 nitrogen and oxygen atoms in total. The average molecular weight is 217 g/mol. The predicted molar refractivity (Wildman–Crippen MR) is 71.4 cm³/mol. The molecule has 0 bridgehead atoms. The Labute approximate surface area is 99.4 Å². The lowest BCUT2D eigenvalue weighted by molar-refractivity contribution is 0.683. The Kier molecular flexibility index (Phi) is 5.87. The molecule has 0 spiro atoms. The molecule has 0 fully saturated rings. The quantitative estimate of drug-likeness (QED) is 0.566. The lowest BCUT2D eigenvalue weighted by Crippen LogP contribution is -2.11. The van der Waals surface area contributed by atoms with E-state index in [-0.39, 0.29) is 6.04 Å². The SMILES string of the molecule is CC=CCCCc1ccccc1C(N)CC. The zero-order chi connectivity index (χ0) is 11.8. The normalized spacial score (nSPS) is 13.2. The van der Waals surface area contributed by atoms with Gasteiger partial charge >= 0.3 is 0 Å². The van der Waals surface area contributed by atoms with Crippen LogP contribution in [0.4, 0.5) is 0 Å². The number of unbranched alkanes of at least 4 members (excludes halogenated alkanes) is 1. The van der Waals surface area contributed by atoms with Gasteiger partial charge < -0.3 is 5.73 Å². The Bertz CT molecular complexity index is 328. The lowest BCUT2D eigenvalue weighted by atomic mass is 9.95. The first-order valence-corrected chi connectivity index (χ1v) is 6.24. The van der Waals surface area contributed by atoms with Crippen molar-refractivity contribution >= 4 is 0 Å². The van der Waals surface area contributed by atoms with Crippen LogP contribution in [-0.4, -0.2) is 0 Å². The molecular formula is C15H23N. The number of hydrogen-bond donors (Lipinski definition) is 1. The van der Waals surface area contributed by atoms with Gasteiger partial charge in [0.2, 0.25) is 0 Å². The van der Waals surface area contributed by atoms with Gasteiger partial charge in [0.25, 0.3) is 0 Å². The molecule has 0 aliphatic carbocycles. The molecule has 0 radical (unpaired) electrons. The van der Waals surface area contributed by atoms with Gasteiger partial charge in [-0.25, -0.2) is 0 Å². The molecule has 0 saturated carbocycles. The van der Waals surface area contributed by atoms with Crippen LogP contribution in [0.25, 0.3) is 0 Å². The highest BCUT2D eigenvalue weighted by Gasteiger charge is 2.07. The number of benzene rings is 1. The molecule has 16 heavy (non-hydrogen) atoms. The molecule has 0 heterocycles. The second-order valence-electron chi connectivity index (χ2n) is 4.17. The average Bonchev–Trinajstić information content (AvgIpc) is 2.34. The number of nitrogens with two attached hydrogens (primary N) is 1. The molecule has 0 saturated heterocycles. The summed E-state index contributed by atoms with van der Waals surface area (Å²) in [4.78, 5) is 0. The van der Waals surface area contributed by atoms with Gasteiger partial charge in [0.15, 0.2) is 0 Å². The van der Waals surface area contributed by atoms with E-state index in [0.717, 1.165) is 19.3 Å². The lowest BCUT2D eigenvalue weighted by Gasteiger charge is -2.14. The number of hydrogen-bond acceptors (Lipinski definition) is 1. The van der Waals surface area contributed by atoms with Crippen molar-refractivity contribution in [3.05, 3.63) is 47.5 Å². The zero-order valence-corrected chi connectivity index (χ0v) is 10.4. The number of allylic oxidation sites excluding steroid dienone is 2. The second kappa shape index (κ2) is 7.24. The fourth-order valence-electron chi connectivity index (χ4n) is 1.92. The van der Waals surface area contributed by atoms with Crippen LogP contribution in [-0.2, 0) is 6.42 Å². The maximum atomic E-state index is 6.11. The van der Waals surface area contributed by atoms with E-state index in [1.165, 1.54) is 17.5 Å². The minimum atomic E-state index is 0.193. The maximum Gasteiger partial charge on any atom is 0.0294 e. The van der Waals surface area contributed by atoms with Crippen LogP contribution >= 0.6 is 0 Å². The summed E-state index contributed by atoms with van der Waals surface area (Å²) < 4.78 is 0. The molecule has 0 amide bonds. The van der Waals surface area contributed by atoms with Crippen LogP contribution < -0.4 is 5.73 Å². The summed E-state index contributed by atoms with van der Waals surface area (Å²) in [5.41, 5.74) is 8.85. The van der Waals surface area contributed by atoms with Crippen LogP contribution in [0.1, 0.15) is 50.3 Å². The molecule has 1 rings (SSSR count). The molecule has 0 aliphatic heterocycles. The molecule has 88 valence electrons. The van der Waals surface area contributed by atoms with Crippen molar-refractivity contribution in [3.8, 4) is 0 Å². The first-order valence-electron chi connectivity index (χ1n) is 6.24. The molecule has 1 atom stereocenters. The fraction of sp³-hybridized carbons (Fsp3) is 0.467. The van der Waals surface area contributed by atoms with E-state index in [4.69, 9.17) is 5.73 Å². The molecule has 1 heteroatoms. The van der Waals surface area contributed by atoms with Gasteiger partial charge in [-0.1, -0.05) is 43.3 Å². The Balaban J connectivity index is 2.63. The Morgan fingerprint density at radius 1 is 1.31 bits per heavy atom. The topological polar surface area (TPSA) is 26.0 Å². The molecule has 0 aromatic heterocycles. The molecule has 0 aliphatic rings. The largest absolute Gasteiger partial charge is 0.324 e. The van der Waals surface area contributed by atoms with E-state index in [0.29, 0.717) is 0 Å². The van der Waals surface area contributed by atoms with Crippen molar-refractivity contribution in [2.24, 2.45) is 5.73 Å². The summed E-state index contributed by atoms with van der Waals surface area (Å²) in [5, 5.41) is 0. The fourth-order valence-corrected chi connectivity index (χ4v) is 1.92. The van der Waals surface area contributed by atoms with Gasteiger partial charge in [-0.2, -0.15) is 0 Å². The highest BCUT2D eigenvalue weighted by Crippen LogP contribution is 2.20. The summed E-state index contributed by atoms with van der Waals surface area (Å²) >= 11 is 0. The van der Waals surface area contributed by atoms with Crippen molar-refractivity contribution < 1.29 is 0 Å². The van der Waals surface area contributed by atoms with Gasteiger partial charge in [-0.3, -0.25) is 0 Å². The molecule has 1 aromatic rings. The summed E-state index contributed by atoms with van der Waals surface area (Å²) in [6.07, 6.45) is 8.84. The van der Waals surface area contributed by atoms with Crippen molar-refractivity contribution in [2.75, 3.05) is 0 Å². The summed E-state index contributed by atoms with van der Waals surface area (Å²) in [6, 6.07) is 8.76. The highest BCUT2D eigenvalue weighted by molar-refractivity contribution is 5.29. The summed E-state index contributed by atoms with van der Waals surface area (Å²) in [7, 11) is 0. The van der Waals surface area contributed by atoms with Crippen molar-refractivity contribution in [1.82, 2.24) is 0 Å². The standard InChI is InChI=1S/C15H23N/c1-3-5-6-7-10-13-11-8-9-12-14(13)15(16)4-2/h3,5,8-9,11-12,15H,4,6-7,10,16H2,1-2H3. The van der Waals surface area contributed by atoms with Gasteiger partial charge in [0.1, 0.15) is 0 Å². The van der Waals surface area contributed by atoms with E-state index in [9.17, 15) is 0 Å². The van der Waals surface area contributed by atoms with E-state index in [1.54, 1.807) is 0 Å². The van der Waals surface area contributed by atoms with Crippen molar-refractivity contribution in [2.45, 2.75) is 45.6 Å². The van der Waals surface area contributed by atoms with E-state index < -0.39 is 0 Å². The predicted octanol–water partition coefficient (Wildman–Crippen LogP) is 4.00. The van der Waals surface area contributed by atoms with Gasteiger partial charge in [-0.15, -0.1) is 0 Å². The van der Waals surface area contributed by atoms with Crippen molar-refractivity contribution in [1.29, 1.82) is 0 Å². The Morgan fingerprint density at radius 3 is 2.75 bits per heavy atom. The van der Waals surface area contributed by atoms with Gasteiger partial charge in [-0.05, 0) is 43.7 Å².